The van der Waals surface area contributed by atoms with Crippen molar-refractivity contribution in [1.82, 2.24) is 5.32 Å². The molecule has 1 rings (SSSR count). The Hall–Kier alpha value is -0.250. The molecular formula is C13H24F3N. The van der Waals surface area contributed by atoms with Crippen molar-refractivity contribution < 1.29 is 13.2 Å². The van der Waals surface area contributed by atoms with Gasteiger partial charge in [-0.2, -0.15) is 13.2 Å². The molecule has 1 aliphatic carbocycles. The summed E-state index contributed by atoms with van der Waals surface area (Å²) in [5, 5.41) is 2.65. The van der Waals surface area contributed by atoms with Gasteiger partial charge in [0.1, 0.15) is 0 Å². The zero-order chi connectivity index (χ0) is 13.1. The van der Waals surface area contributed by atoms with Gasteiger partial charge in [-0.05, 0) is 37.0 Å². The number of hydrogen-bond acceptors (Lipinski definition) is 1. The summed E-state index contributed by atoms with van der Waals surface area (Å²) in [7, 11) is 0. The quantitative estimate of drug-likeness (QED) is 0.727. The number of alkyl halides is 3. The van der Waals surface area contributed by atoms with E-state index in [1.165, 1.54) is 0 Å². The summed E-state index contributed by atoms with van der Waals surface area (Å²) < 4.78 is 36.3. The Balaban J connectivity index is 2.38. The molecule has 2 atom stereocenters. The van der Waals surface area contributed by atoms with E-state index in [0.29, 0.717) is 5.92 Å². The minimum Gasteiger partial charge on any atom is -0.306 e. The van der Waals surface area contributed by atoms with Crippen LogP contribution in [0.25, 0.3) is 0 Å². The minimum atomic E-state index is -4.09. The van der Waals surface area contributed by atoms with E-state index in [1.54, 1.807) is 0 Å². The smallest absolute Gasteiger partial charge is 0.306 e. The third-order valence-corrected chi connectivity index (χ3v) is 3.78. The molecule has 0 amide bonds. The zero-order valence-electron chi connectivity index (χ0n) is 11.0. The average Bonchev–Trinajstić information content (AvgIpc) is 2.37. The van der Waals surface area contributed by atoms with Gasteiger partial charge in [0.2, 0.25) is 0 Å². The standard InChI is InChI=1S/C13H24F3N/c1-12(2,3)10-5-4-6-11(8-7-10)17-9-13(14,15)16/h10-11,17H,4-9H2,1-3H3. The molecule has 0 saturated heterocycles. The predicted molar refractivity (Wildman–Crippen MR) is 63.9 cm³/mol. The molecule has 102 valence electrons. The van der Waals surface area contributed by atoms with Crippen LogP contribution in [-0.4, -0.2) is 18.8 Å². The van der Waals surface area contributed by atoms with E-state index in [4.69, 9.17) is 0 Å². The van der Waals surface area contributed by atoms with Crippen LogP contribution in [0, 0.1) is 11.3 Å². The molecule has 0 aliphatic heterocycles. The first kappa shape index (κ1) is 14.8. The maximum Gasteiger partial charge on any atom is 0.401 e. The van der Waals surface area contributed by atoms with Gasteiger partial charge in [0.15, 0.2) is 0 Å². The van der Waals surface area contributed by atoms with Crippen LogP contribution >= 0.6 is 0 Å². The molecule has 1 nitrogen and oxygen atoms in total. The molecule has 0 aromatic rings. The Morgan fingerprint density at radius 1 is 1.00 bits per heavy atom. The van der Waals surface area contributed by atoms with Crippen molar-refractivity contribution in [2.75, 3.05) is 6.54 Å². The first-order chi connectivity index (χ1) is 7.68. The lowest BCUT2D eigenvalue weighted by Gasteiger charge is -2.29. The van der Waals surface area contributed by atoms with Gasteiger partial charge in [0.05, 0.1) is 6.54 Å². The van der Waals surface area contributed by atoms with Crippen LogP contribution in [0.2, 0.25) is 0 Å². The Labute approximate surface area is 102 Å². The van der Waals surface area contributed by atoms with Crippen molar-refractivity contribution in [3.05, 3.63) is 0 Å². The van der Waals surface area contributed by atoms with Crippen molar-refractivity contribution in [2.24, 2.45) is 11.3 Å². The topological polar surface area (TPSA) is 12.0 Å². The fourth-order valence-corrected chi connectivity index (χ4v) is 2.63. The Kier molecular flexibility index (Phi) is 4.87. The van der Waals surface area contributed by atoms with E-state index >= 15 is 0 Å². The highest BCUT2D eigenvalue weighted by Gasteiger charge is 2.31. The van der Waals surface area contributed by atoms with Crippen molar-refractivity contribution in [1.29, 1.82) is 0 Å². The monoisotopic (exact) mass is 251 g/mol. The van der Waals surface area contributed by atoms with Crippen molar-refractivity contribution in [3.8, 4) is 0 Å². The van der Waals surface area contributed by atoms with Crippen LogP contribution < -0.4 is 5.32 Å². The summed E-state index contributed by atoms with van der Waals surface area (Å²) in [6, 6.07) is 0.0453. The van der Waals surface area contributed by atoms with Crippen molar-refractivity contribution in [3.63, 3.8) is 0 Å². The molecule has 0 spiro atoms. The largest absolute Gasteiger partial charge is 0.401 e. The number of rotatable bonds is 2. The van der Waals surface area contributed by atoms with E-state index in [0.717, 1.165) is 32.1 Å². The molecule has 0 heterocycles. The van der Waals surface area contributed by atoms with Crippen LogP contribution in [0.1, 0.15) is 52.9 Å². The third kappa shape index (κ3) is 5.75. The van der Waals surface area contributed by atoms with Gasteiger partial charge >= 0.3 is 6.18 Å². The molecule has 1 fully saturated rings. The molecule has 0 bridgehead atoms. The highest BCUT2D eigenvalue weighted by molar-refractivity contribution is 4.81. The van der Waals surface area contributed by atoms with Crippen molar-refractivity contribution in [2.45, 2.75) is 65.1 Å². The van der Waals surface area contributed by atoms with Gasteiger partial charge < -0.3 is 5.32 Å². The second-order valence-electron chi connectivity index (χ2n) is 6.26. The molecule has 1 N–H and O–H groups in total. The molecule has 1 saturated carbocycles. The maximum atomic E-state index is 12.1. The van der Waals surface area contributed by atoms with Gasteiger partial charge in [-0.3, -0.25) is 0 Å². The first-order valence-electron chi connectivity index (χ1n) is 6.48. The number of nitrogens with one attached hydrogen (secondary N) is 1. The Bertz CT molecular complexity index is 230. The van der Waals surface area contributed by atoms with E-state index < -0.39 is 12.7 Å². The summed E-state index contributed by atoms with van der Waals surface area (Å²) in [5.41, 5.74) is 0.277. The highest BCUT2D eigenvalue weighted by Crippen LogP contribution is 2.36. The number of halogens is 3. The lowest BCUT2D eigenvalue weighted by atomic mass is 9.76. The van der Waals surface area contributed by atoms with E-state index in [1.807, 2.05) is 0 Å². The van der Waals surface area contributed by atoms with Crippen LogP contribution in [0.3, 0.4) is 0 Å². The van der Waals surface area contributed by atoms with Crippen molar-refractivity contribution >= 4 is 0 Å². The summed E-state index contributed by atoms with van der Waals surface area (Å²) >= 11 is 0. The SMILES string of the molecule is CC(C)(C)C1CCCC(NCC(F)(F)F)CC1. The van der Waals surface area contributed by atoms with E-state index in [2.05, 4.69) is 26.1 Å². The third-order valence-electron chi connectivity index (χ3n) is 3.78. The molecule has 0 aromatic heterocycles. The van der Waals surface area contributed by atoms with Gasteiger partial charge in [-0.15, -0.1) is 0 Å². The van der Waals surface area contributed by atoms with Crippen LogP contribution in [0.5, 0.6) is 0 Å². The molecule has 0 aromatic carbocycles. The molecular weight excluding hydrogens is 227 g/mol. The minimum absolute atomic E-state index is 0.0453. The highest BCUT2D eigenvalue weighted by atomic mass is 19.4. The molecule has 4 heteroatoms. The van der Waals surface area contributed by atoms with Crippen LogP contribution in [-0.2, 0) is 0 Å². The van der Waals surface area contributed by atoms with Crippen LogP contribution in [0.15, 0.2) is 0 Å². The molecule has 17 heavy (non-hydrogen) atoms. The summed E-state index contributed by atoms with van der Waals surface area (Å²) in [5.74, 6) is 0.639. The fraction of sp³-hybridized carbons (Fsp3) is 1.00. The van der Waals surface area contributed by atoms with E-state index in [9.17, 15) is 13.2 Å². The van der Waals surface area contributed by atoms with Gasteiger partial charge in [0.25, 0.3) is 0 Å². The lowest BCUT2D eigenvalue weighted by Crippen LogP contribution is -2.36. The van der Waals surface area contributed by atoms with Gasteiger partial charge in [-0.1, -0.05) is 27.2 Å². The molecule has 2 unspecified atom stereocenters. The second-order valence-corrected chi connectivity index (χ2v) is 6.26. The van der Waals surface area contributed by atoms with Crippen LogP contribution in [0.4, 0.5) is 13.2 Å². The van der Waals surface area contributed by atoms with Gasteiger partial charge in [-0.25, -0.2) is 0 Å². The zero-order valence-corrected chi connectivity index (χ0v) is 11.0. The van der Waals surface area contributed by atoms with E-state index in [-0.39, 0.29) is 11.5 Å². The first-order valence-corrected chi connectivity index (χ1v) is 6.48. The Morgan fingerprint density at radius 3 is 2.18 bits per heavy atom. The van der Waals surface area contributed by atoms with Gasteiger partial charge in [0, 0.05) is 6.04 Å². The summed E-state index contributed by atoms with van der Waals surface area (Å²) in [4.78, 5) is 0. The summed E-state index contributed by atoms with van der Waals surface area (Å²) in [6.07, 6.45) is 0.889. The second kappa shape index (κ2) is 5.59. The number of hydrogen-bond donors (Lipinski definition) is 1. The summed E-state index contributed by atoms with van der Waals surface area (Å²) in [6.45, 7) is 5.82. The fourth-order valence-electron chi connectivity index (χ4n) is 2.63. The maximum absolute atomic E-state index is 12.1. The average molecular weight is 251 g/mol. The molecule has 1 aliphatic rings. The Morgan fingerprint density at radius 2 is 1.65 bits per heavy atom. The normalized spacial score (nSPS) is 27.9. The predicted octanol–water partition coefficient (Wildman–Crippen LogP) is 4.13. The molecule has 0 radical (unpaired) electrons. The lowest BCUT2D eigenvalue weighted by molar-refractivity contribution is -0.126.